The first kappa shape index (κ1) is 26.8. The highest BCUT2D eigenvalue weighted by molar-refractivity contribution is 8.15. The predicted octanol–water partition coefficient (Wildman–Crippen LogP) is 6.40. The number of amides is 2. The first-order valence-electron chi connectivity index (χ1n) is 11.4. The lowest BCUT2D eigenvalue weighted by atomic mass is 10.1. The van der Waals surface area contributed by atoms with Crippen LogP contribution in [0.5, 0.6) is 0 Å². The standard InChI is InChI=1S/C27H25F3N4O3S/c1-38(36,37,24-10-6-5-9-23(24)20-7-3-2-4-8-20)34-21-13-11-19(12-14-21)18-32-26(35)33-22-15-16-31-25(17-22)27(28,29)30/h2-17H,18H2,1H3,(H2,34,36,37)(H2,31,32,33,35). The van der Waals surface area contributed by atoms with Crippen LogP contribution >= 0.6 is 0 Å². The summed E-state index contributed by atoms with van der Waals surface area (Å²) in [5.74, 6) is 0. The molecule has 38 heavy (non-hydrogen) atoms. The molecule has 0 unspecified atom stereocenters. The first-order chi connectivity index (χ1) is 17.9. The lowest BCUT2D eigenvalue weighted by Crippen LogP contribution is -2.39. The summed E-state index contributed by atoms with van der Waals surface area (Å²) in [4.78, 5) is 15.6. The summed E-state index contributed by atoms with van der Waals surface area (Å²) in [5.41, 5.74) is 1.33. The molecular formula is C27H25F3N4O3S. The Labute approximate surface area is 217 Å². The van der Waals surface area contributed by atoms with Gasteiger partial charge in [-0.25, -0.2) is 4.79 Å². The maximum atomic E-state index is 13.8. The second kappa shape index (κ2) is 10.3. The van der Waals surface area contributed by atoms with E-state index in [0.717, 1.165) is 17.8 Å². The van der Waals surface area contributed by atoms with Crippen LogP contribution < -0.4 is 15.4 Å². The van der Waals surface area contributed by atoms with Crippen molar-refractivity contribution in [3.05, 3.63) is 108 Å². The van der Waals surface area contributed by atoms with Gasteiger partial charge in [0.05, 0.1) is 10.6 Å². The molecule has 0 fully saturated rings. The molecule has 4 rings (SSSR count). The molecular weight excluding hydrogens is 517 g/mol. The second-order valence-electron chi connectivity index (χ2n) is 8.68. The van der Waals surface area contributed by atoms with Crippen LogP contribution in [0.1, 0.15) is 11.3 Å². The van der Waals surface area contributed by atoms with Gasteiger partial charge in [0.25, 0.3) is 0 Å². The largest absolute Gasteiger partial charge is 0.433 e. The van der Waals surface area contributed by atoms with E-state index in [0.29, 0.717) is 16.8 Å². The fourth-order valence-electron chi connectivity index (χ4n) is 3.79. The third-order valence-electron chi connectivity index (χ3n) is 5.56. The first-order valence-corrected chi connectivity index (χ1v) is 13.7. The van der Waals surface area contributed by atoms with Crippen molar-refractivity contribution in [3.8, 4) is 11.1 Å². The van der Waals surface area contributed by atoms with Gasteiger partial charge >= 0.3 is 12.2 Å². The van der Waals surface area contributed by atoms with Gasteiger partial charge < -0.3 is 10.6 Å². The van der Waals surface area contributed by atoms with Crippen molar-refractivity contribution in [1.29, 1.82) is 0 Å². The highest BCUT2D eigenvalue weighted by atomic mass is 32.3. The van der Waals surface area contributed by atoms with Gasteiger partial charge in [0, 0.05) is 30.2 Å². The van der Waals surface area contributed by atoms with Crippen LogP contribution in [0.25, 0.3) is 11.1 Å². The van der Waals surface area contributed by atoms with E-state index >= 15 is 0 Å². The molecule has 4 N–H and O–H groups in total. The van der Waals surface area contributed by atoms with Crippen molar-refractivity contribution < 1.29 is 26.7 Å². The minimum absolute atomic E-state index is 0.0491. The number of benzene rings is 3. The molecule has 0 saturated heterocycles. The molecule has 0 aliphatic heterocycles. The van der Waals surface area contributed by atoms with Gasteiger partial charge in [0.2, 0.25) is 0 Å². The van der Waals surface area contributed by atoms with E-state index in [-0.39, 0.29) is 17.1 Å². The average molecular weight is 543 g/mol. The van der Waals surface area contributed by atoms with Gasteiger partial charge in [-0.15, -0.1) is 9.53 Å². The lowest BCUT2D eigenvalue weighted by Gasteiger charge is -2.42. The molecule has 198 valence electrons. The quantitative estimate of drug-likeness (QED) is 0.217. The van der Waals surface area contributed by atoms with Gasteiger partial charge in [-0.3, -0.25) is 14.3 Å². The number of pyridine rings is 1. The number of hydrogen-bond acceptors (Lipinski definition) is 3. The highest BCUT2D eigenvalue weighted by Gasteiger charge is 2.32. The lowest BCUT2D eigenvalue weighted by molar-refractivity contribution is -0.141. The number of hydrogen-bond donors (Lipinski definition) is 4. The zero-order chi connectivity index (χ0) is 27.4. The molecule has 0 aliphatic rings. The van der Waals surface area contributed by atoms with Crippen molar-refractivity contribution in [1.82, 2.24) is 10.3 Å². The van der Waals surface area contributed by atoms with E-state index < -0.39 is 27.4 Å². The fraction of sp³-hybridized carbons (Fsp3) is 0.111. The number of aromatic nitrogens is 1. The molecule has 0 aliphatic carbocycles. The third-order valence-corrected chi connectivity index (χ3v) is 7.67. The van der Waals surface area contributed by atoms with Crippen molar-refractivity contribution in [3.63, 3.8) is 0 Å². The topological polar surface area (TPSA) is 103 Å². The molecule has 1 heterocycles. The van der Waals surface area contributed by atoms with E-state index in [1.165, 1.54) is 12.3 Å². The molecule has 3 aromatic carbocycles. The van der Waals surface area contributed by atoms with Crippen LogP contribution in [0.3, 0.4) is 0 Å². The Morgan fingerprint density at radius 1 is 0.921 bits per heavy atom. The van der Waals surface area contributed by atoms with Gasteiger partial charge in [0.1, 0.15) is 5.69 Å². The Balaban J connectivity index is 1.42. The molecule has 0 saturated carbocycles. The summed E-state index contributed by atoms with van der Waals surface area (Å²) in [6, 6.07) is 24.0. The number of alkyl halides is 3. The van der Waals surface area contributed by atoms with Crippen LogP contribution in [0.2, 0.25) is 0 Å². The fourth-order valence-corrected chi connectivity index (χ4v) is 5.69. The molecule has 1 aromatic heterocycles. The number of urea groups is 1. The van der Waals surface area contributed by atoms with E-state index in [4.69, 9.17) is 0 Å². The molecule has 0 bridgehead atoms. The average Bonchev–Trinajstić information content (AvgIpc) is 2.88. The maximum Gasteiger partial charge on any atom is 0.433 e. The van der Waals surface area contributed by atoms with Crippen molar-refractivity contribution in [2.45, 2.75) is 17.6 Å². The SMILES string of the molecule is CS(=O)(O)(Nc1ccc(CNC(=O)Nc2ccnc(C(F)(F)F)c2)cc1)c1ccccc1-c1ccccc1. The maximum absolute atomic E-state index is 13.8. The Morgan fingerprint density at radius 3 is 2.26 bits per heavy atom. The van der Waals surface area contributed by atoms with Crippen molar-refractivity contribution >= 4 is 26.9 Å². The number of rotatable bonds is 7. The van der Waals surface area contributed by atoms with Crippen LogP contribution in [-0.2, 0) is 22.3 Å². The minimum atomic E-state index is -4.62. The number of nitrogens with zero attached hydrogens (tertiary/aromatic N) is 1. The number of nitrogens with one attached hydrogen (secondary N) is 3. The normalized spacial score (nSPS) is 12.7. The molecule has 2 amide bonds. The van der Waals surface area contributed by atoms with E-state index in [9.17, 15) is 26.7 Å². The van der Waals surface area contributed by atoms with E-state index in [1.807, 2.05) is 30.3 Å². The van der Waals surface area contributed by atoms with E-state index in [2.05, 4.69) is 20.3 Å². The van der Waals surface area contributed by atoms with Gasteiger partial charge in [-0.1, -0.05) is 60.7 Å². The third kappa shape index (κ3) is 6.55. The summed E-state index contributed by atoms with van der Waals surface area (Å²) in [6.45, 7) is 0.0740. The Morgan fingerprint density at radius 2 is 1.58 bits per heavy atom. The molecule has 0 atom stereocenters. The van der Waals surface area contributed by atoms with Gasteiger partial charge in [-0.2, -0.15) is 17.4 Å². The summed E-state index contributed by atoms with van der Waals surface area (Å²) in [7, 11) is -4.52. The second-order valence-corrected chi connectivity index (χ2v) is 11.9. The summed E-state index contributed by atoms with van der Waals surface area (Å²) < 4.78 is 66.3. The van der Waals surface area contributed by atoms with Crippen LogP contribution in [-0.4, -0.2) is 26.0 Å². The number of halogens is 3. The van der Waals surface area contributed by atoms with Crippen LogP contribution in [0.4, 0.5) is 29.3 Å². The zero-order valence-electron chi connectivity index (χ0n) is 20.2. The Kier molecular flexibility index (Phi) is 7.25. The Bertz CT molecular complexity index is 1500. The molecule has 7 nitrogen and oxygen atoms in total. The molecule has 4 aromatic rings. The van der Waals surface area contributed by atoms with Crippen LogP contribution in [0, 0.1) is 0 Å². The smallest absolute Gasteiger partial charge is 0.334 e. The number of carbonyl (C=O) groups excluding carboxylic acids is 1. The van der Waals surface area contributed by atoms with Crippen molar-refractivity contribution in [2.75, 3.05) is 16.3 Å². The predicted molar refractivity (Wildman–Crippen MR) is 142 cm³/mol. The number of carbonyl (C=O) groups is 1. The van der Waals surface area contributed by atoms with Crippen molar-refractivity contribution in [2.24, 2.45) is 0 Å². The summed E-state index contributed by atoms with van der Waals surface area (Å²) in [6.07, 6.45) is -2.41. The number of anilines is 2. The summed E-state index contributed by atoms with van der Waals surface area (Å²) >= 11 is 0. The zero-order valence-corrected chi connectivity index (χ0v) is 21.0. The molecule has 0 spiro atoms. The van der Waals surface area contributed by atoms with Gasteiger partial charge in [0.15, 0.2) is 0 Å². The molecule has 0 radical (unpaired) electrons. The van der Waals surface area contributed by atoms with Gasteiger partial charge in [-0.05, 0) is 41.5 Å². The highest BCUT2D eigenvalue weighted by Crippen LogP contribution is 2.38. The molecule has 11 heteroatoms. The van der Waals surface area contributed by atoms with Crippen LogP contribution in [0.15, 0.2) is 102 Å². The Hall–Kier alpha value is -4.22. The minimum Gasteiger partial charge on any atom is -0.334 e. The monoisotopic (exact) mass is 542 g/mol. The van der Waals surface area contributed by atoms with E-state index in [1.54, 1.807) is 48.5 Å². The summed E-state index contributed by atoms with van der Waals surface area (Å²) in [5, 5.41) is 4.89.